The van der Waals surface area contributed by atoms with Gasteiger partial charge >= 0.3 is 0 Å². The van der Waals surface area contributed by atoms with E-state index in [9.17, 15) is 4.79 Å². The van der Waals surface area contributed by atoms with Gasteiger partial charge in [0.05, 0.1) is 7.11 Å². The summed E-state index contributed by atoms with van der Waals surface area (Å²) in [5, 5.41) is 2.32. The minimum Gasteiger partial charge on any atom is -0.496 e. The number of hydrogen-bond acceptors (Lipinski definition) is 2. The van der Waals surface area contributed by atoms with Crippen molar-refractivity contribution < 1.29 is 9.53 Å². The minimum absolute atomic E-state index is 0.316. The average Bonchev–Trinajstić information content (AvgIpc) is 2.25. The van der Waals surface area contributed by atoms with E-state index in [1.54, 1.807) is 7.11 Å². The molecule has 0 heterocycles. The predicted molar refractivity (Wildman–Crippen MR) is 63.6 cm³/mol. The van der Waals surface area contributed by atoms with Crippen molar-refractivity contribution in [1.82, 2.24) is 5.32 Å². The highest BCUT2D eigenvalue weighted by molar-refractivity contribution is 7.96. The van der Waals surface area contributed by atoms with Crippen LogP contribution in [0.2, 0.25) is 0 Å². The quantitative estimate of drug-likeness (QED) is 0.772. The van der Waals surface area contributed by atoms with Gasteiger partial charge in [0, 0.05) is 6.54 Å². The minimum atomic E-state index is -0.316. The molecule has 0 atom stereocenters. The van der Waals surface area contributed by atoms with Gasteiger partial charge in [0.1, 0.15) is 5.75 Å². The Morgan fingerprint density at radius 1 is 1.53 bits per heavy atom. The van der Waals surface area contributed by atoms with E-state index in [0.717, 1.165) is 23.3 Å². The van der Waals surface area contributed by atoms with Gasteiger partial charge in [-0.25, -0.2) is 0 Å². The molecular weight excluding hydrogens is 210 g/mol. The van der Waals surface area contributed by atoms with E-state index in [2.05, 4.69) is 24.9 Å². The van der Waals surface area contributed by atoms with Gasteiger partial charge in [-0.15, -0.1) is 0 Å². The van der Waals surface area contributed by atoms with Crippen LogP contribution in [0.5, 0.6) is 5.75 Å². The topological polar surface area (TPSA) is 38.3 Å². The Balaban J connectivity index is 2.78. The van der Waals surface area contributed by atoms with Crippen LogP contribution in [0.4, 0.5) is 4.79 Å². The summed E-state index contributed by atoms with van der Waals surface area (Å²) < 4.78 is 5.21. The maximum atomic E-state index is 10.6. The van der Waals surface area contributed by atoms with Crippen LogP contribution < -0.4 is 10.1 Å². The van der Waals surface area contributed by atoms with E-state index < -0.39 is 0 Å². The van der Waals surface area contributed by atoms with E-state index in [1.807, 2.05) is 18.2 Å². The molecule has 1 aromatic rings. The highest BCUT2D eigenvalue weighted by Gasteiger charge is 2.02. The summed E-state index contributed by atoms with van der Waals surface area (Å²) in [7, 11) is 1.66. The third-order valence-corrected chi connectivity index (χ3v) is 2.33. The number of aryl methyl sites for hydroxylation is 1. The lowest BCUT2D eigenvalue weighted by Crippen LogP contribution is -2.15. The van der Waals surface area contributed by atoms with Crippen molar-refractivity contribution in [3.63, 3.8) is 0 Å². The first-order valence-electron chi connectivity index (χ1n) is 4.80. The summed E-state index contributed by atoms with van der Waals surface area (Å²) in [5.74, 6) is 0.887. The van der Waals surface area contributed by atoms with Crippen molar-refractivity contribution in [1.29, 1.82) is 0 Å². The Bertz CT molecular complexity index is 352. The number of ether oxygens (including phenoxy) is 1. The lowest BCUT2D eigenvalue weighted by molar-refractivity contribution is 0.260. The number of benzene rings is 1. The summed E-state index contributed by atoms with van der Waals surface area (Å²) in [4.78, 5) is 10.6. The summed E-state index contributed by atoms with van der Waals surface area (Å²) in [5.41, 5.74) is 2.19. The number of rotatable bonds is 4. The second-order valence-electron chi connectivity index (χ2n) is 3.16. The number of nitrogens with one attached hydrogen (secondary N) is 1. The molecule has 0 bridgehead atoms. The molecule has 4 heteroatoms. The third kappa shape index (κ3) is 3.47. The standard InChI is InChI=1S/C11H15NO2S/c1-3-9-6-8(7-12-11(13)15)4-5-10(9)14-2/h4-6H,3,7H2,1-2H3,(H2,12,13,15). The lowest BCUT2D eigenvalue weighted by atomic mass is 10.1. The molecule has 0 unspecified atom stereocenters. The number of methoxy groups -OCH3 is 1. The zero-order valence-corrected chi connectivity index (χ0v) is 9.80. The molecule has 0 aromatic heterocycles. The molecule has 0 spiro atoms. The first kappa shape index (κ1) is 11.9. The van der Waals surface area contributed by atoms with E-state index in [1.165, 1.54) is 0 Å². The lowest BCUT2D eigenvalue weighted by Gasteiger charge is -2.09. The fourth-order valence-corrected chi connectivity index (χ4v) is 1.47. The molecular formula is C11H15NO2S. The summed E-state index contributed by atoms with van der Waals surface area (Å²) in [6.07, 6.45) is 0.909. The highest BCUT2D eigenvalue weighted by Crippen LogP contribution is 2.20. The zero-order chi connectivity index (χ0) is 11.3. The van der Waals surface area contributed by atoms with Crippen LogP contribution in [0, 0.1) is 0 Å². The molecule has 1 rings (SSSR count). The molecule has 82 valence electrons. The summed E-state index contributed by atoms with van der Waals surface area (Å²) in [6.45, 7) is 2.57. The Hall–Kier alpha value is -1.16. The Labute approximate surface area is 95.2 Å². The van der Waals surface area contributed by atoms with Crippen LogP contribution in [0.25, 0.3) is 0 Å². The Morgan fingerprint density at radius 2 is 2.27 bits per heavy atom. The number of carbonyl (C=O) groups excluding carboxylic acids is 1. The van der Waals surface area contributed by atoms with Crippen LogP contribution in [-0.4, -0.2) is 12.3 Å². The maximum absolute atomic E-state index is 10.6. The molecule has 0 aliphatic heterocycles. The van der Waals surface area contributed by atoms with Crippen molar-refractivity contribution in [3.05, 3.63) is 29.3 Å². The van der Waals surface area contributed by atoms with E-state index >= 15 is 0 Å². The fraction of sp³-hybridized carbons (Fsp3) is 0.364. The van der Waals surface area contributed by atoms with Crippen LogP contribution >= 0.6 is 12.6 Å². The molecule has 1 amide bonds. The molecule has 3 nitrogen and oxygen atoms in total. The third-order valence-electron chi connectivity index (χ3n) is 2.17. The largest absolute Gasteiger partial charge is 0.496 e. The van der Waals surface area contributed by atoms with Crippen LogP contribution in [-0.2, 0) is 13.0 Å². The Kier molecular flexibility index (Phi) is 4.49. The number of carbonyl (C=O) groups is 1. The average molecular weight is 225 g/mol. The maximum Gasteiger partial charge on any atom is 0.276 e. The molecule has 15 heavy (non-hydrogen) atoms. The fourth-order valence-electron chi connectivity index (χ4n) is 1.40. The van der Waals surface area contributed by atoms with Crippen LogP contribution in [0.1, 0.15) is 18.1 Å². The second-order valence-corrected chi connectivity index (χ2v) is 3.56. The molecule has 1 N–H and O–H groups in total. The predicted octanol–water partition coefficient (Wildman–Crippen LogP) is 2.40. The van der Waals surface area contributed by atoms with Gasteiger partial charge in [-0.3, -0.25) is 4.79 Å². The molecule has 0 aliphatic rings. The van der Waals surface area contributed by atoms with Crippen molar-refractivity contribution in [2.75, 3.05) is 7.11 Å². The van der Waals surface area contributed by atoms with Crippen LogP contribution in [0.3, 0.4) is 0 Å². The summed E-state index contributed by atoms with van der Waals surface area (Å²) in [6, 6.07) is 5.88. The first-order chi connectivity index (χ1) is 7.17. The molecule has 0 fully saturated rings. The summed E-state index contributed by atoms with van der Waals surface area (Å²) >= 11 is 3.64. The number of hydrogen-bond donors (Lipinski definition) is 2. The van der Waals surface area contributed by atoms with Gasteiger partial charge < -0.3 is 10.1 Å². The number of amides is 1. The first-order valence-corrected chi connectivity index (χ1v) is 5.24. The smallest absolute Gasteiger partial charge is 0.276 e. The van der Waals surface area contributed by atoms with E-state index in [4.69, 9.17) is 4.74 Å². The van der Waals surface area contributed by atoms with Crippen molar-refractivity contribution in [3.8, 4) is 5.75 Å². The van der Waals surface area contributed by atoms with Gasteiger partial charge in [0.15, 0.2) is 0 Å². The van der Waals surface area contributed by atoms with Gasteiger partial charge in [-0.05, 0) is 23.6 Å². The van der Waals surface area contributed by atoms with Crippen LogP contribution in [0.15, 0.2) is 18.2 Å². The normalized spacial score (nSPS) is 9.80. The molecule has 0 aliphatic carbocycles. The van der Waals surface area contributed by atoms with Crippen molar-refractivity contribution in [2.24, 2.45) is 0 Å². The van der Waals surface area contributed by atoms with Gasteiger partial charge in [-0.1, -0.05) is 31.7 Å². The molecule has 0 saturated carbocycles. The molecule has 0 radical (unpaired) electrons. The molecule has 1 aromatic carbocycles. The van der Waals surface area contributed by atoms with Gasteiger partial charge in [0.25, 0.3) is 5.24 Å². The monoisotopic (exact) mass is 225 g/mol. The number of thiol groups is 1. The SMILES string of the molecule is CCc1cc(CNC(=O)S)ccc1OC. The van der Waals surface area contributed by atoms with Gasteiger partial charge in [-0.2, -0.15) is 0 Å². The van der Waals surface area contributed by atoms with Crippen molar-refractivity contribution in [2.45, 2.75) is 19.9 Å². The molecule has 0 saturated heterocycles. The van der Waals surface area contributed by atoms with Crippen molar-refractivity contribution >= 4 is 17.9 Å². The second kappa shape index (κ2) is 5.66. The zero-order valence-electron chi connectivity index (χ0n) is 8.91. The highest BCUT2D eigenvalue weighted by atomic mass is 32.1. The van der Waals surface area contributed by atoms with E-state index in [-0.39, 0.29) is 5.24 Å². The van der Waals surface area contributed by atoms with Gasteiger partial charge in [0.2, 0.25) is 0 Å². The van der Waals surface area contributed by atoms with E-state index in [0.29, 0.717) is 6.54 Å². The Morgan fingerprint density at radius 3 is 2.80 bits per heavy atom.